The predicted octanol–water partition coefficient (Wildman–Crippen LogP) is 3.16. The van der Waals surface area contributed by atoms with Crippen LogP contribution in [0.25, 0.3) is 0 Å². The number of halogens is 1. The first-order chi connectivity index (χ1) is 16.3. The SMILES string of the molecule is C=CCCCOC(=O)[C@H]1[C@H]2C(=O)N([C@H](C)CO)C(C(=O)N(CC=C)CCCC)C23CC(Br)[C@@H]1S3. The zero-order valence-electron chi connectivity index (χ0n) is 20.2. The van der Waals surface area contributed by atoms with Crippen LogP contribution in [-0.2, 0) is 19.1 Å². The number of esters is 1. The van der Waals surface area contributed by atoms with Gasteiger partial charge >= 0.3 is 5.97 Å². The second-order valence-corrected chi connectivity index (χ2v) is 12.2. The van der Waals surface area contributed by atoms with Gasteiger partial charge in [0, 0.05) is 23.2 Å². The summed E-state index contributed by atoms with van der Waals surface area (Å²) in [5.74, 6) is -1.98. The molecule has 0 aromatic rings. The van der Waals surface area contributed by atoms with Gasteiger partial charge in [0.25, 0.3) is 0 Å². The van der Waals surface area contributed by atoms with E-state index in [2.05, 4.69) is 36.0 Å². The molecule has 3 unspecified atom stereocenters. The first-order valence-electron chi connectivity index (χ1n) is 12.2. The number of amides is 2. The summed E-state index contributed by atoms with van der Waals surface area (Å²) >= 11 is 5.33. The number of hydrogen-bond acceptors (Lipinski definition) is 6. The van der Waals surface area contributed by atoms with Gasteiger partial charge in [-0.05, 0) is 32.6 Å². The molecule has 9 heteroatoms. The third-order valence-corrected chi connectivity index (χ3v) is 10.4. The Hall–Kier alpha value is -1.32. The normalized spacial score (nSPS) is 32.4. The van der Waals surface area contributed by atoms with Gasteiger partial charge < -0.3 is 19.6 Å². The van der Waals surface area contributed by atoms with Crippen molar-refractivity contribution in [3.05, 3.63) is 25.3 Å². The second kappa shape index (κ2) is 11.6. The Morgan fingerprint density at radius 2 is 2.12 bits per heavy atom. The molecule has 0 saturated carbocycles. The van der Waals surface area contributed by atoms with E-state index in [1.807, 2.05) is 0 Å². The van der Waals surface area contributed by atoms with Crippen molar-refractivity contribution >= 4 is 45.5 Å². The van der Waals surface area contributed by atoms with Gasteiger partial charge in [-0.15, -0.1) is 24.9 Å². The summed E-state index contributed by atoms with van der Waals surface area (Å²) in [6, 6.07) is -1.27. The molecule has 2 bridgehead atoms. The third kappa shape index (κ3) is 4.72. The lowest BCUT2D eigenvalue weighted by Gasteiger charge is -2.39. The number of rotatable bonds is 13. The molecule has 7 atom stereocenters. The molecule has 190 valence electrons. The van der Waals surface area contributed by atoms with Crippen LogP contribution in [-0.4, -0.2) is 85.9 Å². The highest BCUT2D eigenvalue weighted by Gasteiger charge is 2.76. The number of nitrogens with zero attached hydrogens (tertiary/aromatic N) is 2. The Morgan fingerprint density at radius 3 is 2.74 bits per heavy atom. The number of hydrogen-bond donors (Lipinski definition) is 1. The van der Waals surface area contributed by atoms with Gasteiger partial charge in [0.05, 0.1) is 35.8 Å². The zero-order valence-corrected chi connectivity index (χ0v) is 22.6. The summed E-state index contributed by atoms with van der Waals surface area (Å²) in [6.07, 6.45) is 7.32. The summed E-state index contributed by atoms with van der Waals surface area (Å²) in [5, 5.41) is 9.84. The average molecular weight is 558 g/mol. The van der Waals surface area contributed by atoms with E-state index in [4.69, 9.17) is 4.74 Å². The molecule has 7 nitrogen and oxygen atoms in total. The standard InChI is InChI=1S/C25H37BrN2O5S/c1-5-8-10-13-33-24(32)18-19-22(30)28(16(4)15-29)21(25(19)14-17(26)20(18)34-25)23(31)27(11-7-3)12-9-6-2/h5,7,16-21,29H,1,3,6,8-15H2,2,4H3/t16-,17?,18+,19+,20+,21?,25?/m1/s1. The molecule has 0 aromatic heterocycles. The number of aliphatic hydroxyl groups excluding tert-OH is 1. The van der Waals surface area contributed by atoms with Crippen molar-refractivity contribution in [2.45, 2.75) is 72.9 Å². The number of alkyl halides is 1. The number of fused-ring (bicyclic) bond motifs is 1. The van der Waals surface area contributed by atoms with E-state index in [1.165, 1.54) is 0 Å². The van der Waals surface area contributed by atoms with Gasteiger partial charge in [0.15, 0.2) is 0 Å². The number of aliphatic hydroxyl groups is 1. The molecule has 0 aromatic carbocycles. The Labute approximate surface area is 215 Å². The fourth-order valence-corrected chi connectivity index (χ4v) is 9.23. The van der Waals surface area contributed by atoms with Crippen LogP contribution in [0, 0.1) is 11.8 Å². The molecule has 2 amide bonds. The van der Waals surface area contributed by atoms with Crippen molar-refractivity contribution in [1.29, 1.82) is 0 Å². The molecule has 1 N–H and O–H groups in total. The number of thioether (sulfide) groups is 1. The largest absolute Gasteiger partial charge is 0.465 e. The minimum absolute atomic E-state index is 0.00421. The maximum Gasteiger partial charge on any atom is 0.310 e. The molecule has 3 aliphatic rings. The molecule has 3 aliphatic heterocycles. The van der Waals surface area contributed by atoms with Crippen LogP contribution in [0.15, 0.2) is 25.3 Å². The van der Waals surface area contributed by atoms with Crippen molar-refractivity contribution in [3.63, 3.8) is 0 Å². The van der Waals surface area contributed by atoms with E-state index in [0.717, 1.165) is 19.3 Å². The van der Waals surface area contributed by atoms with E-state index in [9.17, 15) is 19.5 Å². The van der Waals surface area contributed by atoms with Crippen molar-refractivity contribution in [3.8, 4) is 0 Å². The van der Waals surface area contributed by atoms with Crippen LogP contribution < -0.4 is 0 Å². The van der Waals surface area contributed by atoms with E-state index >= 15 is 0 Å². The summed E-state index contributed by atoms with van der Waals surface area (Å²) in [7, 11) is 0. The maximum atomic E-state index is 14.0. The quantitative estimate of drug-likeness (QED) is 0.162. The van der Waals surface area contributed by atoms with Crippen LogP contribution in [0.4, 0.5) is 0 Å². The van der Waals surface area contributed by atoms with Crippen molar-refractivity contribution < 1.29 is 24.2 Å². The van der Waals surface area contributed by atoms with Gasteiger partial charge in [-0.3, -0.25) is 14.4 Å². The van der Waals surface area contributed by atoms with Gasteiger partial charge in [-0.2, -0.15) is 0 Å². The lowest BCUT2D eigenvalue weighted by molar-refractivity contribution is -0.154. The molecular formula is C25H37BrN2O5S. The number of allylic oxidation sites excluding steroid dienone is 1. The van der Waals surface area contributed by atoms with E-state index in [1.54, 1.807) is 40.6 Å². The number of unbranched alkanes of at least 4 members (excludes halogenated alkanes) is 2. The smallest absolute Gasteiger partial charge is 0.310 e. The maximum absolute atomic E-state index is 14.0. The topological polar surface area (TPSA) is 87.1 Å². The van der Waals surface area contributed by atoms with Crippen LogP contribution in [0.3, 0.4) is 0 Å². The molecule has 3 fully saturated rings. The van der Waals surface area contributed by atoms with Crippen LogP contribution in [0.1, 0.15) is 46.0 Å². The lowest BCUT2D eigenvalue weighted by atomic mass is 9.71. The van der Waals surface area contributed by atoms with Gasteiger partial charge in [0.2, 0.25) is 11.8 Å². The summed E-state index contributed by atoms with van der Waals surface area (Å²) < 4.78 is 4.86. The van der Waals surface area contributed by atoms with E-state index in [0.29, 0.717) is 25.9 Å². The highest BCUT2D eigenvalue weighted by Crippen LogP contribution is 2.68. The van der Waals surface area contributed by atoms with Crippen molar-refractivity contribution in [2.75, 3.05) is 26.3 Å². The van der Waals surface area contributed by atoms with E-state index in [-0.39, 0.29) is 41.1 Å². The fraction of sp³-hybridized carbons (Fsp3) is 0.720. The minimum atomic E-state index is -0.738. The minimum Gasteiger partial charge on any atom is -0.465 e. The Bertz CT molecular complexity index is 810. The first-order valence-corrected chi connectivity index (χ1v) is 14.0. The number of likely N-dealkylation sites (tertiary alicyclic amines) is 1. The molecule has 1 spiro atoms. The van der Waals surface area contributed by atoms with E-state index < -0.39 is 28.7 Å². The highest BCUT2D eigenvalue weighted by atomic mass is 79.9. The highest BCUT2D eigenvalue weighted by molar-refractivity contribution is 9.09. The molecule has 3 saturated heterocycles. The zero-order chi connectivity index (χ0) is 25.0. The van der Waals surface area contributed by atoms with Crippen LogP contribution >= 0.6 is 27.7 Å². The average Bonchev–Trinajstić information content (AvgIpc) is 3.41. The van der Waals surface area contributed by atoms with Gasteiger partial charge in [-0.1, -0.05) is 41.4 Å². The Balaban J connectivity index is 1.97. The molecule has 3 heterocycles. The summed E-state index contributed by atoms with van der Waals surface area (Å²) in [6.45, 7) is 12.3. The molecule has 0 aliphatic carbocycles. The monoisotopic (exact) mass is 556 g/mol. The lowest BCUT2D eigenvalue weighted by Crippen LogP contribution is -2.57. The van der Waals surface area contributed by atoms with Crippen molar-refractivity contribution in [2.24, 2.45) is 11.8 Å². The first kappa shape index (κ1) is 27.3. The van der Waals surface area contributed by atoms with Crippen LogP contribution in [0.5, 0.6) is 0 Å². The van der Waals surface area contributed by atoms with Crippen molar-refractivity contribution in [1.82, 2.24) is 9.80 Å². The number of carbonyl (C=O) groups excluding carboxylic acids is 3. The molecule has 34 heavy (non-hydrogen) atoms. The van der Waals surface area contributed by atoms with Crippen LogP contribution in [0.2, 0.25) is 0 Å². The summed E-state index contributed by atoms with van der Waals surface area (Å²) in [4.78, 5) is 44.4. The van der Waals surface area contributed by atoms with Gasteiger partial charge in [0.1, 0.15) is 6.04 Å². The molecular weight excluding hydrogens is 520 g/mol. The summed E-state index contributed by atoms with van der Waals surface area (Å²) in [5.41, 5.74) is 0. The fourth-order valence-electron chi connectivity index (χ4n) is 5.64. The third-order valence-electron chi connectivity index (χ3n) is 7.21. The molecule has 3 rings (SSSR count). The second-order valence-electron chi connectivity index (χ2n) is 9.47. The van der Waals surface area contributed by atoms with Gasteiger partial charge in [-0.25, -0.2) is 0 Å². The Kier molecular flexibility index (Phi) is 9.31. The predicted molar refractivity (Wildman–Crippen MR) is 138 cm³/mol. The number of carbonyl (C=O) groups is 3. The molecule has 0 radical (unpaired) electrons. The Morgan fingerprint density at radius 1 is 1.38 bits per heavy atom. The number of ether oxygens (including phenoxy) is 1.